The lowest BCUT2D eigenvalue weighted by molar-refractivity contribution is -0.178. The highest BCUT2D eigenvalue weighted by atomic mass is 35.5. The van der Waals surface area contributed by atoms with E-state index in [4.69, 9.17) is 11.6 Å². The number of carbonyl (C=O) groups excluding carboxylic acids is 1. The predicted octanol–water partition coefficient (Wildman–Crippen LogP) is 5.98. The zero-order chi connectivity index (χ0) is 23.0. The van der Waals surface area contributed by atoms with E-state index < -0.39 is 35.3 Å². The number of carboxylic acids is 1. The number of carboxylic acid groups (broad SMARTS) is 1. The molecule has 1 saturated carbocycles. The molecule has 1 amide bonds. The van der Waals surface area contributed by atoms with Gasteiger partial charge in [-0.1, -0.05) is 42.8 Å². The van der Waals surface area contributed by atoms with Crippen molar-refractivity contribution in [1.82, 2.24) is 0 Å². The van der Waals surface area contributed by atoms with Crippen LogP contribution in [0, 0.1) is 18.3 Å². The summed E-state index contributed by atoms with van der Waals surface area (Å²) in [6, 6.07) is 10.9. The SMILES string of the molecule is Cc1ccc(CC2(C(=O)O)CC2)cc1NC(=O)[C@H](c1ccc(Cl)cc1)[C@@H](C)C(F)(F)F. The van der Waals surface area contributed by atoms with E-state index in [9.17, 15) is 27.9 Å². The topological polar surface area (TPSA) is 66.4 Å². The van der Waals surface area contributed by atoms with Crippen LogP contribution in [0.25, 0.3) is 0 Å². The Bertz CT molecular complexity index is 985. The van der Waals surface area contributed by atoms with Gasteiger partial charge in [-0.15, -0.1) is 0 Å². The van der Waals surface area contributed by atoms with Crippen LogP contribution in [0.1, 0.15) is 42.4 Å². The maximum atomic E-state index is 13.5. The van der Waals surface area contributed by atoms with Gasteiger partial charge in [0.05, 0.1) is 17.3 Å². The quantitative estimate of drug-likeness (QED) is 0.542. The molecule has 0 heterocycles. The fourth-order valence-electron chi connectivity index (χ4n) is 3.66. The number of anilines is 1. The van der Waals surface area contributed by atoms with Gasteiger partial charge in [0.25, 0.3) is 0 Å². The first-order valence-electron chi connectivity index (χ1n) is 9.89. The van der Waals surface area contributed by atoms with Gasteiger partial charge >= 0.3 is 12.1 Å². The second-order valence-corrected chi connectivity index (χ2v) is 8.70. The highest BCUT2D eigenvalue weighted by Gasteiger charge is 2.50. The van der Waals surface area contributed by atoms with Crippen LogP contribution in [0.5, 0.6) is 0 Å². The van der Waals surface area contributed by atoms with Crippen LogP contribution in [0.4, 0.5) is 18.9 Å². The molecular weight excluding hydrogens is 431 g/mol. The average Bonchev–Trinajstić information content (AvgIpc) is 3.46. The van der Waals surface area contributed by atoms with Crippen LogP contribution in [0.15, 0.2) is 42.5 Å². The molecule has 2 atom stereocenters. The molecule has 31 heavy (non-hydrogen) atoms. The summed E-state index contributed by atoms with van der Waals surface area (Å²) >= 11 is 5.85. The number of amides is 1. The Kier molecular flexibility index (Phi) is 6.37. The molecule has 0 saturated heterocycles. The first-order valence-corrected chi connectivity index (χ1v) is 10.3. The number of benzene rings is 2. The molecule has 1 aliphatic carbocycles. The van der Waals surface area contributed by atoms with E-state index >= 15 is 0 Å². The first kappa shape index (κ1) is 23.1. The molecule has 3 rings (SSSR count). The fraction of sp³-hybridized carbons (Fsp3) is 0.391. The number of carbonyl (C=O) groups is 2. The highest BCUT2D eigenvalue weighted by Crippen LogP contribution is 2.49. The molecule has 0 aliphatic heterocycles. The van der Waals surface area contributed by atoms with Crippen molar-refractivity contribution < 1.29 is 27.9 Å². The molecule has 2 aromatic rings. The smallest absolute Gasteiger partial charge is 0.392 e. The Morgan fingerprint density at radius 2 is 1.77 bits per heavy atom. The minimum atomic E-state index is -4.57. The number of nitrogens with one attached hydrogen (secondary N) is 1. The Balaban J connectivity index is 1.88. The Hall–Kier alpha value is -2.54. The third-order valence-corrected chi connectivity index (χ3v) is 6.19. The van der Waals surface area contributed by atoms with Crippen LogP contribution in [0.3, 0.4) is 0 Å². The van der Waals surface area contributed by atoms with Gasteiger partial charge in [-0.05, 0) is 61.1 Å². The van der Waals surface area contributed by atoms with Gasteiger partial charge in [0.2, 0.25) is 5.91 Å². The molecule has 0 bridgehead atoms. The number of hydrogen-bond acceptors (Lipinski definition) is 2. The fourth-order valence-corrected chi connectivity index (χ4v) is 3.78. The van der Waals surface area contributed by atoms with Gasteiger partial charge in [-0.3, -0.25) is 9.59 Å². The summed E-state index contributed by atoms with van der Waals surface area (Å²) < 4.78 is 40.5. The van der Waals surface area contributed by atoms with E-state index in [1.54, 1.807) is 25.1 Å². The van der Waals surface area contributed by atoms with E-state index in [0.29, 0.717) is 41.1 Å². The van der Waals surface area contributed by atoms with Crippen LogP contribution >= 0.6 is 11.6 Å². The zero-order valence-electron chi connectivity index (χ0n) is 17.1. The van der Waals surface area contributed by atoms with E-state index in [2.05, 4.69) is 5.32 Å². The third-order valence-electron chi connectivity index (χ3n) is 5.94. The summed E-state index contributed by atoms with van der Waals surface area (Å²) in [5.74, 6) is -5.03. The van der Waals surface area contributed by atoms with Gasteiger partial charge in [0.15, 0.2) is 0 Å². The zero-order valence-corrected chi connectivity index (χ0v) is 17.8. The maximum absolute atomic E-state index is 13.5. The van der Waals surface area contributed by atoms with Crippen molar-refractivity contribution in [2.24, 2.45) is 11.3 Å². The molecule has 2 N–H and O–H groups in total. The summed E-state index contributed by atoms with van der Waals surface area (Å²) in [5, 5.41) is 12.4. The molecule has 0 aromatic heterocycles. The van der Waals surface area contributed by atoms with Gasteiger partial charge in [-0.25, -0.2) is 0 Å². The van der Waals surface area contributed by atoms with Gasteiger partial charge < -0.3 is 10.4 Å². The van der Waals surface area contributed by atoms with Gasteiger partial charge in [-0.2, -0.15) is 13.2 Å². The molecule has 0 spiro atoms. The van der Waals surface area contributed by atoms with E-state index in [-0.39, 0.29) is 5.56 Å². The maximum Gasteiger partial charge on any atom is 0.392 e. The van der Waals surface area contributed by atoms with Crippen molar-refractivity contribution in [3.05, 3.63) is 64.2 Å². The van der Waals surface area contributed by atoms with Crippen LogP contribution in [-0.2, 0) is 16.0 Å². The number of alkyl halides is 3. The average molecular weight is 454 g/mol. The van der Waals surface area contributed by atoms with E-state index in [1.807, 2.05) is 0 Å². The lowest BCUT2D eigenvalue weighted by atomic mass is 9.85. The number of rotatable bonds is 7. The number of aryl methyl sites for hydroxylation is 1. The lowest BCUT2D eigenvalue weighted by Gasteiger charge is -2.26. The normalized spacial score (nSPS) is 17.0. The first-order chi connectivity index (χ1) is 14.4. The van der Waals surface area contributed by atoms with Crippen molar-refractivity contribution in [3.63, 3.8) is 0 Å². The van der Waals surface area contributed by atoms with Crippen molar-refractivity contribution in [3.8, 4) is 0 Å². The number of halogens is 4. The Labute approximate surface area is 183 Å². The molecule has 166 valence electrons. The monoisotopic (exact) mass is 453 g/mol. The summed E-state index contributed by atoms with van der Waals surface area (Å²) in [4.78, 5) is 24.5. The number of aliphatic carboxylic acids is 1. The summed E-state index contributed by atoms with van der Waals surface area (Å²) in [7, 11) is 0. The second kappa shape index (κ2) is 8.54. The largest absolute Gasteiger partial charge is 0.481 e. The van der Waals surface area contributed by atoms with Gasteiger partial charge in [0.1, 0.15) is 0 Å². The van der Waals surface area contributed by atoms with Crippen molar-refractivity contribution in [1.29, 1.82) is 0 Å². The second-order valence-electron chi connectivity index (χ2n) is 8.26. The molecule has 1 fully saturated rings. The van der Waals surface area contributed by atoms with Crippen LogP contribution in [-0.4, -0.2) is 23.2 Å². The van der Waals surface area contributed by atoms with Crippen molar-refractivity contribution >= 4 is 29.2 Å². The van der Waals surface area contributed by atoms with Crippen molar-refractivity contribution in [2.75, 3.05) is 5.32 Å². The molecule has 8 heteroatoms. The minimum Gasteiger partial charge on any atom is -0.481 e. The van der Waals surface area contributed by atoms with E-state index in [0.717, 1.165) is 6.92 Å². The van der Waals surface area contributed by atoms with Crippen LogP contribution < -0.4 is 5.32 Å². The standard InChI is InChI=1S/C23H23ClF3NO3/c1-13-3-4-15(12-22(9-10-22)21(30)31)11-18(13)28-20(29)19(14(2)23(25,26)27)16-5-7-17(24)8-6-16/h3-8,11,14,19H,9-10,12H2,1-2H3,(H,28,29)(H,30,31)/t14-,19+/m1/s1. The predicted molar refractivity (Wildman–Crippen MR) is 112 cm³/mol. The van der Waals surface area contributed by atoms with Crippen LogP contribution in [0.2, 0.25) is 5.02 Å². The van der Waals surface area contributed by atoms with Gasteiger partial charge in [0, 0.05) is 10.7 Å². The molecule has 4 nitrogen and oxygen atoms in total. The Morgan fingerprint density at radius 3 is 2.29 bits per heavy atom. The molecular formula is C23H23ClF3NO3. The summed E-state index contributed by atoms with van der Waals surface area (Å²) in [5.41, 5.74) is 1.19. The van der Waals surface area contributed by atoms with Crippen molar-refractivity contribution in [2.45, 2.75) is 45.2 Å². The third kappa shape index (κ3) is 5.21. The lowest BCUT2D eigenvalue weighted by Crippen LogP contribution is -2.34. The summed E-state index contributed by atoms with van der Waals surface area (Å²) in [6.45, 7) is 2.71. The molecule has 1 aliphatic rings. The number of hydrogen-bond donors (Lipinski definition) is 2. The van der Waals surface area contributed by atoms with E-state index in [1.165, 1.54) is 24.3 Å². The minimum absolute atomic E-state index is 0.211. The molecule has 0 unspecified atom stereocenters. The molecule has 0 radical (unpaired) electrons. The summed E-state index contributed by atoms with van der Waals surface area (Å²) in [6.07, 6.45) is -3.09. The molecule has 2 aromatic carbocycles. The Morgan fingerprint density at radius 1 is 1.16 bits per heavy atom. The highest BCUT2D eigenvalue weighted by molar-refractivity contribution is 6.30.